The van der Waals surface area contributed by atoms with Gasteiger partial charge in [-0.2, -0.15) is 0 Å². The van der Waals surface area contributed by atoms with E-state index in [-0.39, 0.29) is 20.2 Å². The van der Waals surface area contributed by atoms with Crippen LogP contribution in [-0.4, -0.2) is 21.0 Å². The molecule has 9 heteroatoms. The van der Waals surface area contributed by atoms with Gasteiger partial charge in [-0.3, -0.25) is 4.72 Å². The fourth-order valence-corrected chi connectivity index (χ4v) is 4.82. The van der Waals surface area contributed by atoms with E-state index in [2.05, 4.69) is 4.72 Å². The molecule has 1 aromatic heterocycles. The number of carbonyl (C=O) groups is 1. The maximum atomic E-state index is 12.2. The largest absolute Gasteiger partial charge is 0.462 e. The van der Waals surface area contributed by atoms with E-state index in [1.54, 1.807) is 6.92 Å². The zero-order chi connectivity index (χ0) is 16.3. The van der Waals surface area contributed by atoms with Gasteiger partial charge in [-0.15, -0.1) is 11.3 Å². The lowest BCUT2D eigenvalue weighted by molar-refractivity contribution is 0.0526. The Morgan fingerprint density at radius 1 is 1.27 bits per heavy atom. The lowest BCUT2D eigenvalue weighted by Gasteiger charge is -2.08. The van der Waals surface area contributed by atoms with Crippen LogP contribution in [0.2, 0.25) is 8.67 Å². The standard InChI is InChI=1S/C13H11Cl2NO4S2/c1-2-20-13(17)8-3-5-9(6-4-8)16-22(18,19)10-7-11(14)21-12(10)15/h3-7,16H,2H2,1H3. The van der Waals surface area contributed by atoms with Crippen molar-refractivity contribution >= 4 is 56.2 Å². The topological polar surface area (TPSA) is 72.5 Å². The predicted molar refractivity (Wildman–Crippen MR) is 87.5 cm³/mol. The van der Waals surface area contributed by atoms with Gasteiger partial charge in [0.15, 0.2) is 0 Å². The molecule has 0 atom stereocenters. The van der Waals surface area contributed by atoms with Gasteiger partial charge < -0.3 is 4.74 Å². The maximum absolute atomic E-state index is 12.2. The molecular formula is C13H11Cl2NO4S2. The van der Waals surface area contributed by atoms with E-state index in [1.807, 2.05) is 0 Å². The molecular weight excluding hydrogens is 369 g/mol. The number of hydrogen-bond donors (Lipinski definition) is 1. The van der Waals surface area contributed by atoms with Gasteiger partial charge in [0.25, 0.3) is 10.0 Å². The summed E-state index contributed by atoms with van der Waals surface area (Å²) in [6.07, 6.45) is 0. The quantitative estimate of drug-likeness (QED) is 0.795. The Kier molecular flexibility index (Phi) is 5.33. The Morgan fingerprint density at radius 2 is 1.91 bits per heavy atom. The first-order valence-corrected chi connectivity index (χ1v) is 9.14. The van der Waals surface area contributed by atoms with Crippen molar-refractivity contribution in [2.45, 2.75) is 11.8 Å². The SMILES string of the molecule is CCOC(=O)c1ccc(NS(=O)(=O)c2cc(Cl)sc2Cl)cc1. The minimum absolute atomic E-state index is 0.0839. The molecule has 0 saturated heterocycles. The van der Waals surface area contributed by atoms with E-state index in [9.17, 15) is 13.2 Å². The van der Waals surface area contributed by atoms with Crippen LogP contribution in [0.5, 0.6) is 0 Å². The number of carbonyl (C=O) groups excluding carboxylic acids is 1. The van der Waals surface area contributed by atoms with Crippen LogP contribution in [0.4, 0.5) is 5.69 Å². The molecule has 1 N–H and O–H groups in total. The molecule has 0 aliphatic rings. The van der Waals surface area contributed by atoms with Crippen molar-refractivity contribution < 1.29 is 17.9 Å². The molecule has 2 rings (SSSR count). The third-order valence-electron chi connectivity index (χ3n) is 2.56. The van der Waals surface area contributed by atoms with Gasteiger partial charge in [0.1, 0.15) is 9.23 Å². The highest BCUT2D eigenvalue weighted by Crippen LogP contribution is 2.35. The zero-order valence-electron chi connectivity index (χ0n) is 11.3. The van der Waals surface area contributed by atoms with Crippen LogP contribution in [0.1, 0.15) is 17.3 Å². The zero-order valence-corrected chi connectivity index (χ0v) is 14.4. The van der Waals surface area contributed by atoms with Crippen molar-refractivity contribution in [3.63, 3.8) is 0 Å². The molecule has 5 nitrogen and oxygen atoms in total. The van der Waals surface area contributed by atoms with E-state index in [1.165, 1.54) is 30.3 Å². The molecule has 0 aliphatic heterocycles. The molecule has 0 aliphatic carbocycles. The highest BCUT2D eigenvalue weighted by Gasteiger charge is 2.21. The summed E-state index contributed by atoms with van der Waals surface area (Å²) in [7, 11) is -3.84. The summed E-state index contributed by atoms with van der Waals surface area (Å²) in [5.74, 6) is -0.468. The number of esters is 1. The average Bonchev–Trinajstić information content (AvgIpc) is 2.79. The van der Waals surface area contributed by atoms with Crippen molar-refractivity contribution in [1.82, 2.24) is 0 Å². The number of sulfonamides is 1. The van der Waals surface area contributed by atoms with Gasteiger partial charge in [-0.25, -0.2) is 13.2 Å². The van der Waals surface area contributed by atoms with E-state index in [0.717, 1.165) is 11.3 Å². The number of hydrogen-bond acceptors (Lipinski definition) is 5. The van der Waals surface area contributed by atoms with Crippen LogP contribution >= 0.6 is 34.5 Å². The maximum Gasteiger partial charge on any atom is 0.338 e. The number of halogens is 2. The smallest absolute Gasteiger partial charge is 0.338 e. The van der Waals surface area contributed by atoms with Crippen molar-refractivity contribution in [2.75, 3.05) is 11.3 Å². The predicted octanol–water partition coefficient (Wildman–Crippen LogP) is 4.03. The van der Waals surface area contributed by atoms with Gasteiger partial charge in [-0.05, 0) is 37.3 Å². The van der Waals surface area contributed by atoms with Crippen molar-refractivity contribution in [1.29, 1.82) is 0 Å². The monoisotopic (exact) mass is 379 g/mol. The fraction of sp³-hybridized carbons (Fsp3) is 0.154. The summed E-state index contributed by atoms with van der Waals surface area (Å²) in [6, 6.07) is 7.15. The van der Waals surface area contributed by atoms with Crippen LogP contribution in [0, 0.1) is 0 Å². The molecule has 1 heterocycles. The molecule has 0 bridgehead atoms. The second-order valence-electron chi connectivity index (χ2n) is 4.09. The second-order valence-corrected chi connectivity index (χ2v) is 8.03. The Balaban J connectivity index is 2.20. The minimum Gasteiger partial charge on any atom is -0.462 e. The van der Waals surface area contributed by atoms with Gasteiger partial charge >= 0.3 is 5.97 Å². The first-order valence-electron chi connectivity index (χ1n) is 6.08. The van der Waals surface area contributed by atoms with Gasteiger partial charge in [0.2, 0.25) is 0 Å². The summed E-state index contributed by atoms with van der Waals surface area (Å²) in [4.78, 5) is 11.4. The number of thiophene rings is 1. The number of nitrogens with one attached hydrogen (secondary N) is 1. The Labute approximate surface area is 141 Å². The Morgan fingerprint density at radius 3 is 2.41 bits per heavy atom. The van der Waals surface area contributed by atoms with Crippen molar-refractivity contribution in [3.05, 3.63) is 44.6 Å². The number of ether oxygens (including phenoxy) is 1. The molecule has 0 spiro atoms. The van der Waals surface area contributed by atoms with Gasteiger partial charge in [0.05, 0.1) is 16.5 Å². The number of benzene rings is 1. The van der Waals surface area contributed by atoms with Crippen LogP contribution in [-0.2, 0) is 14.8 Å². The molecule has 0 amide bonds. The Hall–Kier alpha value is -1.28. The van der Waals surface area contributed by atoms with E-state index >= 15 is 0 Å². The van der Waals surface area contributed by atoms with E-state index in [4.69, 9.17) is 27.9 Å². The van der Waals surface area contributed by atoms with E-state index in [0.29, 0.717) is 11.3 Å². The summed E-state index contributed by atoms with van der Waals surface area (Å²) >= 11 is 12.6. The van der Waals surface area contributed by atoms with Gasteiger partial charge in [0, 0.05) is 5.69 Å². The van der Waals surface area contributed by atoms with Crippen LogP contribution in [0.25, 0.3) is 0 Å². The molecule has 1 aromatic carbocycles. The highest BCUT2D eigenvalue weighted by atomic mass is 35.5. The molecule has 0 radical (unpaired) electrons. The number of anilines is 1. The van der Waals surface area contributed by atoms with Crippen molar-refractivity contribution in [3.8, 4) is 0 Å². The van der Waals surface area contributed by atoms with Crippen molar-refractivity contribution in [2.24, 2.45) is 0 Å². The fourth-order valence-electron chi connectivity index (χ4n) is 1.61. The van der Waals surface area contributed by atoms with E-state index < -0.39 is 16.0 Å². The van der Waals surface area contributed by atoms with Crippen LogP contribution < -0.4 is 4.72 Å². The second kappa shape index (κ2) is 6.87. The molecule has 118 valence electrons. The highest BCUT2D eigenvalue weighted by molar-refractivity contribution is 7.93. The summed E-state index contributed by atoms with van der Waals surface area (Å²) < 4.78 is 32.0. The average molecular weight is 380 g/mol. The van der Waals surface area contributed by atoms with Crippen LogP contribution in [0.15, 0.2) is 35.2 Å². The lowest BCUT2D eigenvalue weighted by atomic mass is 10.2. The van der Waals surface area contributed by atoms with Crippen LogP contribution in [0.3, 0.4) is 0 Å². The molecule has 0 unspecified atom stereocenters. The first kappa shape index (κ1) is 17.1. The minimum atomic E-state index is -3.84. The molecule has 0 fully saturated rings. The normalized spacial score (nSPS) is 11.2. The van der Waals surface area contributed by atoms with Gasteiger partial charge in [-0.1, -0.05) is 23.2 Å². The summed E-state index contributed by atoms with van der Waals surface area (Å²) in [6.45, 7) is 1.97. The Bertz CT molecular complexity index is 785. The molecule has 2 aromatic rings. The number of rotatable bonds is 5. The summed E-state index contributed by atoms with van der Waals surface area (Å²) in [5, 5.41) is 0. The first-order chi connectivity index (χ1) is 10.3. The summed E-state index contributed by atoms with van der Waals surface area (Å²) in [5.41, 5.74) is 0.632. The third kappa shape index (κ3) is 3.92. The lowest BCUT2D eigenvalue weighted by Crippen LogP contribution is -2.12. The molecule has 0 saturated carbocycles. The molecule has 22 heavy (non-hydrogen) atoms. The third-order valence-corrected chi connectivity index (χ3v) is 5.70.